The van der Waals surface area contributed by atoms with Crippen LogP contribution >= 0.6 is 0 Å². The van der Waals surface area contributed by atoms with E-state index in [0.29, 0.717) is 5.92 Å². The van der Waals surface area contributed by atoms with Crippen molar-refractivity contribution in [1.29, 1.82) is 0 Å². The number of hydrogen-bond acceptors (Lipinski definition) is 3. The average Bonchev–Trinajstić information content (AvgIpc) is 2.98. The zero-order chi connectivity index (χ0) is 17.2. The summed E-state index contributed by atoms with van der Waals surface area (Å²) in [5.74, 6) is 4.18. The minimum atomic E-state index is -0.0353. The number of methoxy groups -OCH3 is 2. The van der Waals surface area contributed by atoms with Crippen LogP contribution in [-0.2, 0) is 16.6 Å². The highest BCUT2D eigenvalue weighted by atomic mass is 16.6. The third kappa shape index (κ3) is 1.77. The molecule has 1 spiro atoms. The van der Waals surface area contributed by atoms with Crippen LogP contribution in [0.5, 0.6) is 11.5 Å². The maximum Gasteiger partial charge on any atom is 0.169 e. The maximum atomic E-state index is 6.54. The van der Waals surface area contributed by atoms with Crippen LogP contribution in [0.1, 0.15) is 43.7 Å². The summed E-state index contributed by atoms with van der Waals surface area (Å²) in [5, 5.41) is 0. The fourth-order valence-corrected chi connectivity index (χ4v) is 6.02. The van der Waals surface area contributed by atoms with E-state index in [0.717, 1.165) is 36.0 Å². The standard InChI is InChI=1S/C22H26O3/c1-4-5-13-10-11-22-16-7-9-18(24-3)21(22)25-20-17(23-2)8-6-14(19(20)22)12-15(13)16/h6-9,13,15,21H,4-5,10-12H2,1-3H3/t13?,15-,21-,22?/m0/s1. The molecule has 0 radical (unpaired) electrons. The molecule has 132 valence electrons. The molecule has 1 aromatic carbocycles. The second-order valence-electron chi connectivity index (χ2n) is 7.89. The molecule has 25 heavy (non-hydrogen) atoms. The SMILES string of the molecule is CCCC1CCC23C4=CC=C(OC)[C@@H]2Oc2c(OC)ccc(c23)C[C@H]41. The number of benzene rings is 1. The van der Waals surface area contributed by atoms with Crippen molar-refractivity contribution < 1.29 is 14.2 Å². The summed E-state index contributed by atoms with van der Waals surface area (Å²) in [6.45, 7) is 2.31. The van der Waals surface area contributed by atoms with Gasteiger partial charge in [-0.25, -0.2) is 0 Å². The highest BCUT2D eigenvalue weighted by Crippen LogP contribution is 2.65. The van der Waals surface area contributed by atoms with Gasteiger partial charge in [0.2, 0.25) is 0 Å². The van der Waals surface area contributed by atoms with Gasteiger partial charge in [0.05, 0.1) is 19.6 Å². The molecule has 2 bridgehead atoms. The van der Waals surface area contributed by atoms with E-state index in [9.17, 15) is 0 Å². The monoisotopic (exact) mass is 338 g/mol. The normalized spacial score (nSPS) is 33.8. The van der Waals surface area contributed by atoms with Crippen LogP contribution in [0.15, 0.2) is 35.6 Å². The van der Waals surface area contributed by atoms with Crippen molar-refractivity contribution in [3.05, 3.63) is 46.7 Å². The van der Waals surface area contributed by atoms with Crippen molar-refractivity contribution in [1.82, 2.24) is 0 Å². The summed E-state index contributed by atoms with van der Waals surface area (Å²) in [6.07, 6.45) is 10.6. The Bertz CT molecular complexity index is 791. The Balaban J connectivity index is 1.76. The second-order valence-corrected chi connectivity index (χ2v) is 7.89. The molecule has 1 fully saturated rings. The van der Waals surface area contributed by atoms with Gasteiger partial charge in [0.1, 0.15) is 5.76 Å². The largest absolute Gasteiger partial charge is 0.497 e. The van der Waals surface area contributed by atoms with Gasteiger partial charge in [-0.2, -0.15) is 0 Å². The van der Waals surface area contributed by atoms with Gasteiger partial charge in [0.25, 0.3) is 0 Å². The highest BCUT2D eigenvalue weighted by Gasteiger charge is 2.62. The van der Waals surface area contributed by atoms with Crippen molar-refractivity contribution >= 4 is 0 Å². The number of allylic oxidation sites excluding steroid dienone is 2. The number of hydrogen-bond donors (Lipinski definition) is 0. The minimum Gasteiger partial charge on any atom is -0.497 e. The van der Waals surface area contributed by atoms with Gasteiger partial charge in [-0.05, 0) is 48.8 Å². The lowest BCUT2D eigenvalue weighted by molar-refractivity contribution is 0.0795. The van der Waals surface area contributed by atoms with Gasteiger partial charge in [0.15, 0.2) is 17.6 Å². The Labute approximate surface area is 149 Å². The Morgan fingerprint density at radius 1 is 1.20 bits per heavy atom. The molecule has 3 aliphatic carbocycles. The van der Waals surface area contributed by atoms with Crippen molar-refractivity contribution in [2.75, 3.05) is 14.2 Å². The Morgan fingerprint density at radius 2 is 2.08 bits per heavy atom. The molecular formula is C22H26O3. The van der Waals surface area contributed by atoms with Crippen molar-refractivity contribution in [3.63, 3.8) is 0 Å². The maximum absolute atomic E-state index is 6.54. The molecule has 3 nitrogen and oxygen atoms in total. The van der Waals surface area contributed by atoms with Crippen LogP contribution in [0.25, 0.3) is 0 Å². The molecule has 1 aliphatic heterocycles. The van der Waals surface area contributed by atoms with E-state index < -0.39 is 0 Å². The van der Waals surface area contributed by atoms with Crippen molar-refractivity contribution in [2.24, 2.45) is 11.8 Å². The molecule has 0 amide bonds. The van der Waals surface area contributed by atoms with Gasteiger partial charge in [-0.15, -0.1) is 0 Å². The van der Waals surface area contributed by atoms with Crippen LogP contribution in [0.2, 0.25) is 0 Å². The second kappa shape index (κ2) is 5.30. The fraction of sp³-hybridized carbons (Fsp3) is 0.545. The van der Waals surface area contributed by atoms with Gasteiger partial charge >= 0.3 is 0 Å². The van der Waals surface area contributed by atoms with Crippen LogP contribution in [-0.4, -0.2) is 20.3 Å². The van der Waals surface area contributed by atoms with E-state index >= 15 is 0 Å². The highest BCUT2D eigenvalue weighted by molar-refractivity contribution is 5.67. The topological polar surface area (TPSA) is 27.7 Å². The van der Waals surface area contributed by atoms with Crippen molar-refractivity contribution in [3.8, 4) is 11.5 Å². The molecule has 0 N–H and O–H groups in total. The first kappa shape index (κ1) is 15.4. The summed E-state index contributed by atoms with van der Waals surface area (Å²) >= 11 is 0. The van der Waals surface area contributed by atoms with Gasteiger partial charge in [-0.1, -0.05) is 37.5 Å². The zero-order valence-electron chi connectivity index (χ0n) is 15.3. The average molecular weight is 338 g/mol. The van der Waals surface area contributed by atoms with E-state index in [-0.39, 0.29) is 11.5 Å². The third-order valence-corrected chi connectivity index (χ3v) is 6.97. The molecule has 0 aromatic heterocycles. The molecule has 1 heterocycles. The minimum absolute atomic E-state index is 0.0343. The lowest BCUT2D eigenvalue weighted by atomic mass is 9.50. The summed E-state index contributed by atoms with van der Waals surface area (Å²) < 4.78 is 17.9. The van der Waals surface area contributed by atoms with Gasteiger partial charge in [0, 0.05) is 5.56 Å². The molecule has 5 rings (SSSR count). The Kier molecular flexibility index (Phi) is 3.25. The summed E-state index contributed by atoms with van der Waals surface area (Å²) in [6, 6.07) is 4.35. The van der Waals surface area contributed by atoms with Gasteiger partial charge < -0.3 is 14.2 Å². The fourth-order valence-electron chi connectivity index (χ4n) is 6.02. The third-order valence-electron chi connectivity index (χ3n) is 6.97. The molecule has 4 aliphatic rings. The van der Waals surface area contributed by atoms with Crippen LogP contribution in [0.4, 0.5) is 0 Å². The van der Waals surface area contributed by atoms with E-state index in [1.54, 1.807) is 19.8 Å². The molecule has 2 unspecified atom stereocenters. The smallest absolute Gasteiger partial charge is 0.169 e. The van der Waals surface area contributed by atoms with E-state index in [1.807, 2.05) is 0 Å². The zero-order valence-corrected chi connectivity index (χ0v) is 15.3. The summed E-state index contributed by atoms with van der Waals surface area (Å²) in [4.78, 5) is 0. The first-order chi connectivity index (χ1) is 12.2. The number of rotatable bonds is 4. The van der Waals surface area contributed by atoms with Crippen molar-refractivity contribution in [2.45, 2.75) is 50.5 Å². The summed E-state index contributed by atoms with van der Waals surface area (Å²) in [5.41, 5.74) is 4.39. The first-order valence-corrected chi connectivity index (χ1v) is 9.57. The Hall–Kier alpha value is -1.90. The van der Waals surface area contributed by atoms with Crippen LogP contribution < -0.4 is 9.47 Å². The van der Waals surface area contributed by atoms with Crippen LogP contribution in [0.3, 0.4) is 0 Å². The van der Waals surface area contributed by atoms with E-state index in [4.69, 9.17) is 14.2 Å². The quantitative estimate of drug-likeness (QED) is 0.806. The van der Waals surface area contributed by atoms with Gasteiger partial charge in [-0.3, -0.25) is 0 Å². The summed E-state index contributed by atoms with van der Waals surface area (Å²) in [7, 11) is 3.49. The Morgan fingerprint density at radius 3 is 2.84 bits per heavy atom. The lowest BCUT2D eigenvalue weighted by Crippen LogP contribution is -2.52. The molecule has 4 atom stereocenters. The molecule has 3 heteroatoms. The van der Waals surface area contributed by atoms with E-state index in [1.165, 1.54) is 30.4 Å². The lowest BCUT2D eigenvalue weighted by Gasteiger charge is -2.52. The van der Waals surface area contributed by atoms with E-state index in [2.05, 4.69) is 31.2 Å². The first-order valence-electron chi connectivity index (χ1n) is 9.57. The molecular weight excluding hydrogens is 312 g/mol. The van der Waals surface area contributed by atoms with Crippen LogP contribution in [0, 0.1) is 11.8 Å². The molecule has 0 saturated heterocycles. The number of ether oxygens (including phenoxy) is 3. The molecule has 1 saturated carbocycles. The molecule has 1 aromatic rings. The predicted octanol–water partition coefficient (Wildman–Crippen LogP) is 4.55. The predicted molar refractivity (Wildman–Crippen MR) is 97.1 cm³/mol.